The summed E-state index contributed by atoms with van der Waals surface area (Å²) in [5.74, 6) is 0.184. The average Bonchev–Trinajstić information content (AvgIpc) is 2.97. The van der Waals surface area contributed by atoms with Crippen molar-refractivity contribution < 1.29 is 9.90 Å². The van der Waals surface area contributed by atoms with Gasteiger partial charge < -0.3 is 15.3 Å². The summed E-state index contributed by atoms with van der Waals surface area (Å²) in [7, 11) is 1.92. The number of carbonyl (C=O) groups is 1. The summed E-state index contributed by atoms with van der Waals surface area (Å²) in [6.07, 6.45) is 3.59. The largest absolute Gasteiger partial charge is 0.504 e. The number of piperidine rings is 1. The Kier molecular flexibility index (Phi) is 4.62. The lowest BCUT2D eigenvalue weighted by molar-refractivity contribution is 0.0665. The van der Waals surface area contributed by atoms with Gasteiger partial charge in [-0.1, -0.05) is 18.2 Å². The van der Waals surface area contributed by atoms with Crippen LogP contribution in [0.1, 0.15) is 23.3 Å². The van der Waals surface area contributed by atoms with E-state index in [0.29, 0.717) is 12.5 Å². The molecule has 1 amide bonds. The van der Waals surface area contributed by atoms with Gasteiger partial charge in [0.25, 0.3) is 5.91 Å². The zero-order chi connectivity index (χ0) is 16.2. The molecule has 122 valence electrons. The maximum absolute atomic E-state index is 12.7. The van der Waals surface area contributed by atoms with E-state index < -0.39 is 0 Å². The lowest BCUT2D eigenvalue weighted by Crippen LogP contribution is -2.42. The number of para-hydroxylation sites is 1. The molecule has 0 aliphatic carbocycles. The molecule has 0 saturated carbocycles. The third kappa shape index (κ3) is 3.37. The van der Waals surface area contributed by atoms with Crippen molar-refractivity contribution in [2.75, 3.05) is 26.7 Å². The maximum Gasteiger partial charge on any atom is 0.278 e. The topological polar surface area (TPSA) is 70.4 Å². The van der Waals surface area contributed by atoms with E-state index in [-0.39, 0.29) is 17.4 Å². The van der Waals surface area contributed by atoms with Crippen LogP contribution >= 0.6 is 0 Å². The van der Waals surface area contributed by atoms with Crippen molar-refractivity contribution in [2.24, 2.45) is 5.92 Å². The Morgan fingerprint density at radius 2 is 2.17 bits per heavy atom. The first-order valence-corrected chi connectivity index (χ1v) is 7.97. The number of hydrogen-bond donors (Lipinski definition) is 2. The van der Waals surface area contributed by atoms with Gasteiger partial charge in [0, 0.05) is 13.1 Å². The average molecular weight is 314 g/mol. The van der Waals surface area contributed by atoms with Crippen LogP contribution in [0.25, 0.3) is 5.69 Å². The molecule has 1 unspecified atom stereocenters. The van der Waals surface area contributed by atoms with Crippen molar-refractivity contribution in [3.05, 3.63) is 42.2 Å². The highest BCUT2D eigenvalue weighted by atomic mass is 16.3. The first kappa shape index (κ1) is 15.6. The molecule has 6 heteroatoms. The van der Waals surface area contributed by atoms with E-state index in [1.807, 2.05) is 37.4 Å². The van der Waals surface area contributed by atoms with E-state index in [1.54, 1.807) is 4.90 Å². The van der Waals surface area contributed by atoms with Crippen molar-refractivity contribution in [1.82, 2.24) is 20.0 Å². The van der Waals surface area contributed by atoms with Gasteiger partial charge in [-0.15, -0.1) is 0 Å². The number of benzene rings is 1. The molecule has 1 saturated heterocycles. The van der Waals surface area contributed by atoms with E-state index in [0.717, 1.165) is 31.6 Å². The second kappa shape index (κ2) is 6.83. The number of hydrogen-bond acceptors (Lipinski definition) is 4. The minimum atomic E-state index is -0.196. The third-order valence-corrected chi connectivity index (χ3v) is 4.22. The summed E-state index contributed by atoms with van der Waals surface area (Å²) in [5, 5.41) is 17.6. The Bertz CT molecular complexity index is 666. The van der Waals surface area contributed by atoms with Gasteiger partial charge in [0.2, 0.25) is 0 Å². The lowest BCUT2D eigenvalue weighted by Gasteiger charge is -2.32. The minimum absolute atomic E-state index is 0.0745. The summed E-state index contributed by atoms with van der Waals surface area (Å²) in [6.45, 7) is 2.32. The molecule has 1 aromatic carbocycles. The van der Waals surface area contributed by atoms with Gasteiger partial charge in [-0.25, -0.2) is 4.68 Å². The van der Waals surface area contributed by atoms with Crippen LogP contribution in [0.5, 0.6) is 5.75 Å². The normalized spacial score (nSPS) is 18.1. The highest BCUT2D eigenvalue weighted by Gasteiger charge is 2.27. The smallest absolute Gasteiger partial charge is 0.278 e. The van der Waals surface area contributed by atoms with Crippen LogP contribution < -0.4 is 5.32 Å². The molecule has 2 heterocycles. The summed E-state index contributed by atoms with van der Waals surface area (Å²) < 4.78 is 1.54. The molecule has 1 aliphatic heterocycles. The predicted molar refractivity (Wildman–Crippen MR) is 87.8 cm³/mol. The second-order valence-corrected chi connectivity index (χ2v) is 5.96. The van der Waals surface area contributed by atoms with Crippen LogP contribution in [0.15, 0.2) is 36.5 Å². The van der Waals surface area contributed by atoms with Crippen LogP contribution in [0, 0.1) is 5.92 Å². The number of aromatic hydroxyl groups is 1. The van der Waals surface area contributed by atoms with Crippen molar-refractivity contribution >= 4 is 5.91 Å². The second-order valence-electron chi connectivity index (χ2n) is 5.96. The van der Waals surface area contributed by atoms with Crippen molar-refractivity contribution in [3.63, 3.8) is 0 Å². The highest BCUT2D eigenvalue weighted by Crippen LogP contribution is 2.23. The Morgan fingerprint density at radius 3 is 2.91 bits per heavy atom. The number of nitrogens with zero attached hydrogens (tertiary/aromatic N) is 3. The molecule has 0 radical (unpaired) electrons. The Balaban J connectivity index is 1.79. The van der Waals surface area contributed by atoms with Gasteiger partial charge in [-0.05, 0) is 44.5 Å². The molecule has 1 aromatic heterocycles. The van der Waals surface area contributed by atoms with E-state index in [4.69, 9.17) is 0 Å². The zero-order valence-electron chi connectivity index (χ0n) is 13.3. The first-order chi connectivity index (χ1) is 11.2. The van der Waals surface area contributed by atoms with Crippen LogP contribution in [0.2, 0.25) is 0 Å². The number of nitrogens with one attached hydrogen (secondary N) is 1. The molecule has 0 spiro atoms. The maximum atomic E-state index is 12.7. The summed E-state index contributed by atoms with van der Waals surface area (Å²) in [6, 6.07) is 9.45. The molecule has 2 N–H and O–H groups in total. The zero-order valence-corrected chi connectivity index (χ0v) is 13.3. The molecule has 1 aliphatic rings. The standard InChI is InChI=1S/C17H22N4O2/c1-18-10-13-6-5-9-20(11-13)17(23)16-15(22)12-21(19-16)14-7-3-2-4-8-14/h2-4,7-8,12-13,18,22H,5-6,9-11H2,1H3. The quantitative estimate of drug-likeness (QED) is 0.900. The van der Waals surface area contributed by atoms with Gasteiger partial charge in [0.1, 0.15) is 0 Å². The fourth-order valence-electron chi connectivity index (χ4n) is 3.08. The molecule has 1 atom stereocenters. The Morgan fingerprint density at radius 1 is 1.39 bits per heavy atom. The molecular weight excluding hydrogens is 292 g/mol. The van der Waals surface area contributed by atoms with Gasteiger partial charge in [-0.2, -0.15) is 5.10 Å². The fourth-order valence-corrected chi connectivity index (χ4v) is 3.08. The van der Waals surface area contributed by atoms with E-state index in [2.05, 4.69) is 10.4 Å². The van der Waals surface area contributed by atoms with Crippen LogP contribution in [-0.2, 0) is 0 Å². The Labute approximate surface area is 135 Å². The summed E-state index contributed by atoms with van der Waals surface area (Å²) in [4.78, 5) is 14.5. The lowest BCUT2D eigenvalue weighted by atomic mass is 9.98. The fraction of sp³-hybridized carbons (Fsp3) is 0.412. The molecule has 3 rings (SSSR count). The Hall–Kier alpha value is -2.34. The molecular formula is C17H22N4O2. The number of carbonyl (C=O) groups excluding carboxylic acids is 1. The third-order valence-electron chi connectivity index (χ3n) is 4.22. The van der Waals surface area contributed by atoms with E-state index in [1.165, 1.54) is 10.9 Å². The van der Waals surface area contributed by atoms with Gasteiger partial charge in [-0.3, -0.25) is 4.79 Å². The molecule has 2 aromatic rings. The molecule has 0 bridgehead atoms. The van der Waals surface area contributed by atoms with E-state index >= 15 is 0 Å². The van der Waals surface area contributed by atoms with Crippen molar-refractivity contribution in [3.8, 4) is 11.4 Å². The molecule has 6 nitrogen and oxygen atoms in total. The minimum Gasteiger partial charge on any atom is -0.504 e. The number of likely N-dealkylation sites (tertiary alicyclic amines) is 1. The van der Waals surface area contributed by atoms with Crippen LogP contribution in [-0.4, -0.2) is 52.4 Å². The first-order valence-electron chi connectivity index (χ1n) is 7.97. The molecule has 1 fully saturated rings. The number of rotatable bonds is 4. The van der Waals surface area contributed by atoms with Crippen molar-refractivity contribution in [1.29, 1.82) is 0 Å². The van der Waals surface area contributed by atoms with Crippen molar-refractivity contribution in [2.45, 2.75) is 12.8 Å². The number of aromatic nitrogens is 2. The van der Waals surface area contributed by atoms with E-state index in [9.17, 15) is 9.90 Å². The van der Waals surface area contributed by atoms with Gasteiger partial charge in [0.05, 0.1) is 11.9 Å². The van der Waals surface area contributed by atoms with Gasteiger partial charge >= 0.3 is 0 Å². The predicted octanol–water partition coefficient (Wildman–Crippen LogP) is 1.65. The monoisotopic (exact) mass is 314 g/mol. The SMILES string of the molecule is CNCC1CCCN(C(=O)c2nn(-c3ccccc3)cc2O)C1. The summed E-state index contributed by atoms with van der Waals surface area (Å²) in [5.41, 5.74) is 0.938. The van der Waals surface area contributed by atoms with Crippen LogP contribution in [0.4, 0.5) is 0 Å². The summed E-state index contributed by atoms with van der Waals surface area (Å²) >= 11 is 0. The van der Waals surface area contributed by atoms with Gasteiger partial charge in [0.15, 0.2) is 11.4 Å². The highest BCUT2D eigenvalue weighted by molar-refractivity contribution is 5.94. The number of amides is 1. The van der Waals surface area contributed by atoms with Crippen LogP contribution in [0.3, 0.4) is 0 Å². The molecule has 23 heavy (non-hydrogen) atoms.